The van der Waals surface area contributed by atoms with Gasteiger partial charge in [0.2, 0.25) is 0 Å². The van der Waals surface area contributed by atoms with Crippen molar-refractivity contribution in [3.63, 3.8) is 0 Å². The zero-order chi connectivity index (χ0) is 18.2. The highest BCUT2D eigenvalue weighted by Gasteiger charge is 2.24. The minimum Gasteiger partial charge on any atom is -0.362 e. The van der Waals surface area contributed by atoms with Crippen LogP contribution < -0.4 is 10.6 Å². The first-order chi connectivity index (χ1) is 12.7. The third-order valence-corrected chi connectivity index (χ3v) is 6.11. The van der Waals surface area contributed by atoms with Crippen LogP contribution in [-0.2, 0) is 6.42 Å². The largest absolute Gasteiger partial charge is 0.362 e. The van der Waals surface area contributed by atoms with Gasteiger partial charge in [-0.1, -0.05) is 36.4 Å². The normalized spacial score (nSPS) is 17.0. The molecular formula is C20H28N4S2. The number of likely N-dealkylation sites (N-methyl/N-ethyl adjacent to an activating group) is 1. The average Bonchev–Trinajstić information content (AvgIpc) is 3.19. The topological polar surface area (TPSA) is 30.5 Å². The summed E-state index contributed by atoms with van der Waals surface area (Å²) in [5.74, 6) is 0. The molecule has 3 rings (SSSR count). The summed E-state index contributed by atoms with van der Waals surface area (Å²) in [5, 5.41) is 9.68. The fraction of sp³-hybridized carbons (Fsp3) is 0.450. The Morgan fingerprint density at radius 1 is 1.08 bits per heavy atom. The SMILES string of the molecule is CN1CCN(C(CNC(=S)NCCc2ccccc2)c2cccs2)CC1. The molecule has 6 heteroatoms. The van der Waals surface area contributed by atoms with Gasteiger partial charge >= 0.3 is 0 Å². The van der Waals surface area contributed by atoms with Gasteiger partial charge in [0.25, 0.3) is 0 Å². The summed E-state index contributed by atoms with van der Waals surface area (Å²) in [6.45, 7) is 6.17. The highest BCUT2D eigenvalue weighted by molar-refractivity contribution is 7.80. The predicted octanol–water partition coefficient (Wildman–Crippen LogP) is 2.74. The van der Waals surface area contributed by atoms with Gasteiger partial charge in [-0.05, 0) is 42.7 Å². The van der Waals surface area contributed by atoms with Crippen LogP contribution in [0.15, 0.2) is 47.8 Å². The maximum Gasteiger partial charge on any atom is 0.166 e. The molecule has 0 aliphatic carbocycles. The van der Waals surface area contributed by atoms with Crippen LogP contribution in [0.5, 0.6) is 0 Å². The van der Waals surface area contributed by atoms with Crippen LogP contribution in [0.2, 0.25) is 0 Å². The summed E-state index contributed by atoms with van der Waals surface area (Å²) in [5.41, 5.74) is 1.33. The number of nitrogens with one attached hydrogen (secondary N) is 2. The number of piperazine rings is 1. The molecule has 0 radical (unpaired) electrons. The van der Waals surface area contributed by atoms with Crippen molar-refractivity contribution in [1.29, 1.82) is 0 Å². The zero-order valence-corrected chi connectivity index (χ0v) is 17.0. The van der Waals surface area contributed by atoms with Gasteiger partial charge in [-0.3, -0.25) is 4.90 Å². The Labute approximate surface area is 166 Å². The summed E-state index contributed by atoms with van der Waals surface area (Å²) in [6.07, 6.45) is 0.982. The molecule has 0 spiro atoms. The van der Waals surface area contributed by atoms with E-state index in [1.807, 2.05) is 17.4 Å². The summed E-state index contributed by atoms with van der Waals surface area (Å²) >= 11 is 7.33. The minimum absolute atomic E-state index is 0.387. The smallest absolute Gasteiger partial charge is 0.166 e. The maximum absolute atomic E-state index is 5.49. The van der Waals surface area contributed by atoms with Gasteiger partial charge in [-0.15, -0.1) is 11.3 Å². The number of rotatable bonds is 7. The second-order valence-electron chi connectivity index (χ2n) is 6.74. The van der Waals surface area contributed by atoms with Crippen LogP contribution in [0, 0.1) is 0 Å². The molecule has 1 atom stereocenters. The van der Waals surface area contributed by atoms with E-state index >= 15 is 0 Å². The number of hydrogen-bond acceptors (Lipinski definition) is 4. The van der Waals surface area contributed by atoms with Crippen molar-refractivity contribution in [3.8, 4) is 0 Å². The van der Waals surface area contributed by atoms with Crippen LogP contribution in [0.1, 0.15) is 16.5 Å². The summed E-state index contributed by atoms with van der Waals surface area (Å²) in [6, 6.07) is 15.3. The Balaban J connectivity index is 1.47. The van der Waals surface area contributed by atoms with E-state index in [-0.39, 0.29) is 0 Å². The Morgan fingerprint density at radius 3 is 2.54 bits per heavy atom. The number of thiophene rings is 1. The Morgan fingerprint density at radius 2 is 1.85 bits per heavy atom. The van der Waals surface area contributed by atoms with Crippen molar-refractivity contribution in [2.24, 2.45) is 0 Å². The molecule has 140 valence electrons. The van der Waals surface area contributed by atoms with E-state index in [0.717, 1.165) is 50.8 Å². The summed E-state index contributed by atoms with van der Waals surface area (Å²) in [4.78, 5) is 6.38. The van der Waals surface area contributed by atoms with Crippen molar-refractivity contribution in [2.75, 3.05) is 46.3 Å². The second kappa shape index (κ2) is 10.0. The first-order valence-corrected chi connectivity index (χ1v) is 10.5. The molecule has 1 unspecified atom stereocenters. The molecule has 0 amide bonds. The lowest BCUT2D eigenvalue weighted by Crippen LogP contribution is -2.49. The predicted molar refractivity (Wildman–Crippen MR) is 115 cm³/mol. The fourth-order valence-electron chi connectivity index (χ4n) is 3.24. The van der Waals surface area contributed by atoms with Crippen molar-refractivity contribution in [1.82, 2.24) is 20.4 Å². The summed E-state index contributed by atoms with van der Waals surface area (Å²) in [7, 11) is 2.20. The van der Waals surface area contributed by atoms with Crippen LogP contribution in [0.25, 0.3) is 0 Å². The molecule has 1 aliphatic heterocycles. The molecule has 26 heavy (non-hydrogen) atoms. The van der Waals surface area contributed by atoms with E-state index in [2.05, 4.69) is 69.3 Å². The first-order valence-electron chi connectivity index (χ1n) is 9.24. The molecule has 2 heterocycles. The molecule has 0 bridgehead atoms. The van der Waals surface area contributed by atoms with Gasteiger partial charge in [-0.2, -0.15) is 0 Å². The van der Waals surface area contributed by atoms with Gasteiger partial charge in [-0.25, -0.2) is 0 Å². The number of thiocarbonyl (C=S) groups is 1. The molecular weight excluding hydrogens is 360 g/mol. The van der Waals surface area contributed by atoms with E-state index in [4.69, 9.17) is 12.2 Å². The highest BCUT2D eigenvalue weighted by atomic mass is 32.1. The van der Waals surface area contributed by atoms with Crippen molar-refractivity contribution < 1.29 is 0 Å². The lowest BCUT2D eigenvalue weighted by molar-refractivity contribution is 0.114. The van der Waals surface area contributed by atoms with Crippen LogP contribution in [0.3, 0.4) is 0 Å². The number of nitrogens with zero attached hydrogens (tertiary/aromatic N) is 2. The van der Waals surface area contributed by atoms with Gasteiger partial charge in [0.05, 0.1) is 6.04 Å². The molecule has 1 aromatic carbocycles. The number of hydrogen-bond donors (Lipinski definition) is 2. The highest BCUT2D eigenvalue weighted by Crippen LogP contribution is 2.25. The summed E-state index contributed by atoms with van der Waals surface area (Å²) < 4.78 is 0. The molecule has 4 nitrogen and oxygen atoms in total. The standard InChI is InChI=1S/C20H28N4S2/c1-23-11-13-24(14-12-23)18(19-8-5-15-26-19)16-22-20(25)21-10-9-17-6-3-2-4-7-17/h2-8,15,18H,9-14,16H2,1H3,(H2,21,22,25). The van der Waals surface area contributed by atoms with Gasteiger partial charge in [0.15, 0.2) is 5.11 Å². The Bertz CT molecular complexity index is 652. The fourth-order valence-corrected chi connectivity index (χ4v) is 4.29. The van der Waals surface area contributed by atoms with E-state index in [9.17, 15) is 0 Å². The average molecular weight is 389 g/mol. The minimum atomic E-state index is 0.387. The third-order valence-electron chi connectivity index (χ3n) is 4.85. The molecule has 2 N–H and O–H groups in total. The number of benzene rings is 1. The lowest BCUT2D eigenvalue weighted by atomic mass is 10.1. The van der Waals surface area contributed by atoms with Crippen molar-refractivity contribution >= 4 is 28.7 Å². The van der Waals surface area contributed by atoms with E-state index in [1.165, 1.54) is 10.4 Å². The third kappa shape index (κ3) is 5.77. The van der Waals surface area contributed by atoms with Crippen molar-refractivity contribution in [2.45, 2.75) is 12.5 Å². The van der Waals surface area contributed by atoms with E-state index in [0.29, 0.717) is 6.04 Å². The van der Waals surface area contributed by atoms with Crippen LogP contribution in [-0.4, -0.2) is 61.2 Å². The van der Waals surface area contributed by atoms with Crippen LogP contribution in [0.4, 0.5) is 0 Å². The monoisotopic (exact) mass is 388 g/mol. The van der Waals surface area contributed by atoms with E-state index in [1.54, 1.807) is 0 Å². The molecule has 2 aromatic rings. The molecule has 0 saturated carbocycles. The molecule has 1 saturated heterocycles. The Hall–Kier alpha value is -1.47. The molecule has 1 aromatic heterocycles. The van der Waals surface area contributed by atoms with Crippen LogP contribution >= 0.6 is 23.6 Å². The van der Waals surface area contributed by atoms with Crippen molar-refractivity contribution in [3.05, 3.63) is 58.3 Å². The van der Waals surface area contributed by atoms with E-state index < -0.39 is 0 Å². The molecule has 1 aliphatic rings. The van der Waals surface area contributed by atoms with Gasteiger partial charge in [0.1, 0.15) is 0 Å². The van der Waals surface area contributed by atoms with Gasteiger partial charge in [0, 0.05) is 44.1 Å². The lowest BCUT2D eigenvalue weighted by Gasteiger charge is -2.37. The first kappa shape index (κ1) is 19.3. The molecule has 1 fully saturated rings. The Kier molecular flexibility index (Phi) is 7.43. The second-order valence-corrected chi connectivity index (χ2v) is 8.13. The quantitative estimate of drug-likeness (QED) is 0.712. The van der Waals surface area contributed by atoms with Gasteiger partial charge < -0.3 is 15.5 Å². The maximum atomic E-state index is 5.49. The zero-order valence-electron chi connectivity index (χ0n) is 15.4.